The number of unbranched alkanes of at least 4 members (excludes halogenated alkanes) is 1. The Labute approximate surface area is 205 Å². The highest BCUT2D eigenvalue weighted by Gasteiger charge is 2.39. The number of methoxy groups -OCH3 is 1. The number of benzene rings is 2. The van der Waals surface area contributed by atoms with Crippen molar-refractivity contribution in [3.05, 3.63) is 58.0 Å². The Morgan fingerprint density at radius 3 is 2.53 bits per heavy atom. The number of halogens is 3. The fourth-order valence-corrected chi connectivity index (χ4v) is 6.07. The van der Waals surface area contributed by atoms with Gasteiger partial charge >= 0.3 is 6.18 Å². The lowest BCUT2D eigenvalue weighted by molar-refractivity contribution is -0.137. The van der Waals surface area contributed by atoms with Gasteiger partial charge in [-0.15, -0.1) is 0 Å². The summed E-state index contributed by atoms with van der Waals surface area (Å²) in [6.45, 7) is 5.13. The van der Waals surface area contributed by atoms with Crippen molar-refractivity contribution in [2.75, 3.05) is 25.1 Å². The van der Waals surface area contributed by atoms with Crippen LogP contribution in [0.25, 0.3) is 0 Å². The molecule has 2 heterocycles. The zero-order chi connectivity index (χ0) is 24.5. The van der Waals surface area contributed by atoms with Crippen LogP contribution in [0.3, 0.4) is 0 Å². The van der Waals surface area contributed by atoms with E-state index >= 15 is 0 Å². The molecule has 180 valence electrons. The van der Waals surface area contributed by atoms with Crippen molar-refractivity contribution < 1.29 is 22.7 Å². The fraction of sp³-hybridized carbons (Fsp3) is 0.333. The van der Waals surface area contributed by atoms with E-state index in [-0.39, 0.29) is 11.6 Å². The van der Waals surface area contributed by atoms with Crippen molar-refractivity contribution in [2.45, 2.75) is 37.8 Å². The Bertz CT molecular complexity index is 1160. The largest absolute Gasteiger partial charge is 0.497 e. The van der Waals surface area contributed by atoms with Gasteiger partial charge in [0.15, 0.2) is 5.17 Å². The van der Waals surface area contributed by atoms with Crippen molar-refractivity contribution in [3.8, 4) is 5.75 Å². The summed E-state index contributed by atoms with van der Waals surface area (Å²) in [7, 11) is 1.61. The van der Waals surface area contributed by atoms with Crippen LogP contribution in [-0.4, -0.2) is 36.2 Å². The number of carbonyl (C=O) groups is 1. The number of aliphatic imine (C=N–C) groups is 1. The Kier molecular flexibility index (Phi) is 7.18. The maximum atomic E-state index is 13.5. The van der Waals surface area contributed by atoms with Gasteiger partial charge in [-0.2, -0.15) is 13.2 Å². The first-order valence-corrected chi connectivity index (χ1v) is 12.5. The molecule has 0 unspecified atom stereocenters. The highest BCUT2D eigenvalue weighted by atomic mass is 32.2. The maximum absolute atomic E-state index is 13.5. The molecule has 4 rings (SSSR count). The molecule has 2 aromatic carbocycles. The van der Waals surface area contributed by atoms with Gasteiger partial charge in [0.1, 0.15) is 15.7 Å². The third-order valence-corrected chi connectivity index (χ3v) is 7.79. The summed E-state index contributed by atoms with van der Waals surface area (Å²) in [5, 5.41) is 1.20. The van der Waals surface area contributed by atoms with Crippen LogP contribution in [-0.2, 0) is 11.0 Å². The quantitative estimate of drug-likeness (QED) is 0.399. The van der Waals surface area contributed by atoms with Gasteiger partial charge in [0, 0.05) is 24.1 Å². The summed E-state index contributed by atoms with van der Waals surface area (Å²) >= 11 is 2.72. The van der Waals surface area contributed by atoms with E-state index < -0.39 is 11.7 Å². The van der Waals surface area contributed by atoms with E-state index in [2.05, 4.69) is 9.89 Å². The number of nitrogens with zero attached hydrogens (tertiary/aromatic N) is 3. The smallest absolute Gasteiger partial charge is 0.416 e. The molecule has 5 nitrogen and oxygen atoms in total. The van der Waals surface area contributed by atoms with Crippen LogP contribution in [0.15, 0.2) is 62.3 Å². The molecular weight excluding hydrogens is 483 g/mol. The highest BCUT2D eigenvalue weighted by molar-refractivity contribution is 8.19. The minimum atomic E-state index is -4.46. The first-order chi connectivity index (χ1) is 16.3. The minimum absolute atomic E-state index is 0.164. The first-order valence-electron chi connectivity index (χ1n) is 10.9. The van der Waals surface area contributed by atoms with Crippen LogP contribution in [0.1, 0.15) is 32.3 Å². The SMILES string of the molecule is CCCCN1C(=O)/C(=C2/Sc3ccc(OC)cc3N2CC)SC1=Nc1cccc(C(F)(F)F)c1. The molecule has 1 amide bonds. The average Bonchev–Trinajstić information content (AvgIpc) is 3.33. The Morgan fingerprint density at radius 2 is 1.85 bits per heavy atom. The first kappa shape index (κ1) is 24.5. The lowest BCUT2D eigenvalue weighted by Gasteiger charge is -2.19. The molecule has 0 radical (unpaired) electrons. The van der Waals surface area contributed by atoms with Gasteiger partial charge in [0.2, 0.25) is 0 Å². The molecule has 2 aromatic rings. The maximum Gasteiger partial charge on any atom is 0.416 e. The van der Waals surface area contributed by atoms with E-state index in [0.717, 1.165) is 46.3 Å². The van der Waals surface area contributed by atoms with Crippen LogP contribution in [0, 0.1) is 0 Å². The van der Waals surface area contributed by atoms with E-state index in [1.54, 1.807) is 12.0 Å². The van der Waals surface area contributed by atoms with E-state index in [0.29, 0.717) is 23.2 Å². The van der Waals surface area contributed by atoms with E-state index in [9.17, 15) is 18.0 Å². The summed E-state index contributed by atoms with van der Waals surface area (Å²) in [4.78, 5) is 23.1. The number of ether oxygens (including phenoxy) is 1. The molecule has 0 bridgehead atoms. The molecular formula is C24H24F3N3O2S2. The zero-order valence-electron chi connectivity index (χ0n) is 19.0. The summed E-state index contributed by atoms with van der Waals surface area (Å²) in [5.74, 6) is 0.552. The van der Waals surface area contributed by atoms with Crippen LogP contribution in [0.2, 0.25) is 0 Å². The van der Waals surface area contributed by atoms with Gasteiger partial charge in [-0.1, -0.05) is 31.2 Å². The third kappa shape index (κ3) is 4.79. The molecule has 2 aliphatic rings. The van der Waals surface area contributed by atoms with Crippen molar-refractivity contribution >= 4 is 46.0 Å². The average molecular weight is 508 g/mol. The normalized spacial score (nSPS) is 19.4. The van der Waals surface area contributed by atoms with Crippen LogP contribution < -0.4 is 9.64 Å². The van der Waals surface area contributed by atoms with E-state index in [1.807, 2.05) is 32.0 Å². The molecule has 2 aliphatic heterocycles. The van der Waals surface area contributed by atoms with Crippen LogP contribution >= 0.6 is 23.5 Å². The molecule has 0 aliphatic carbocycles. The molecule has 34 heavy (non-hydrogen) atoms. The van der Waals surface area contributed by atoms with Gasteiger partial charge in [-0.25, -0.2) is 4.99 Å². The summed E-state index contributed by atoms with van der Waals surface area (Å²) in [6, 6.07) is 10.6. The van der Waals surface area contributed by atoms with Crippen molar-refractivity contribution in [1.82, 2.24) is 4.90 Å². The van der Waals surface area contributed by atoms with Crippen molar-refractivity contribution in [2.24, 2.45) is 4.99 Å². The Balaban J connectivity index is 1.74. The Morgan fingerprint density at radius 1 is 1.06 bits per heavy atom. The van der Waals surface area contributed by atoms with Crippen molar-refractivity contribution in [1.29, 1.82) is 0 Å². The number of rotatable bonds is 6. The lowest BCUT2D eigenvalue weighted by atomic mass is 10.2. The summed E-state index contributed by atoms with van der Waals surface area (Å²) in [5.41, 5.74) is 0.360. The number of alkyl halides is 3. The van der Waals surface area contributed by atoms with Crippen LogP contribution in [0.5, 0.6) is 5.75 Å². The Hall–Kier alpha value is -2.59. The van der Waals surface area contributed by atoms with E-state index in [4.69, 9.17) is 4.74 Å². The second-order valence-corrected chi connectivity index (χ2v) is 9.68. The number of amides is 1. The number of amidine groups is 1. The van der Waals surface area contributed by atoms with Crippen molar-refractivity contribution in [3.63, 3.8) is 0 Å². The van der Waals surface area contributed by atoms with Gasteiger partial charge in [0.05, 0.1) is 24.0 Å². The lowest BCUT2D eigenvalue weighted by Crippen LogP contribution is -2.30. The summed E-state index contributed by atoms with van der Waals surface area (Å²) < 4.78 is 44.9. The van der Waals surface area contributed by atoms with Gasteiger partial charge in [-0.05, 0) is 55.4 Å². The number of thioether (sulfide) groups is 2. The highest BCUT2D eigenvalue weighted by Crippen LogP contribution is 2.51. The van der Waals surface area contributed by atoms with Gasteiger partial charge < -0.3 is 9.64 Å². The minimum Gasteiger partial charge on any atom is -0.497 e. The second kappa shape index (κ2) is 9.95. The molecule has 0 spiro atoms. The molecule has 0 aromatic heterocycles. The van der Waals surface area contributed by atoms with Gasteiger partial charge in [-0.3, -0.25) is 9.69 Å². The number of anilines is 1. The monoisotopic (exact) mass is 507 g/mol. The fourth-order valence-electron chi connectivity index (χ4n) is 3.67. The second-order valence-electron chi connectivity index (χ2n) is 7.67. The summed E-state index contributed by atoms with van der Waals surface area (Å²) in [6.07, 6.45) is -2.82. The molecule has 0 atom stereocenters. The molecule has 0 saturated carbocycles. The standard InChI is InChI=1S/C24H24F3N3O2S2/c1-4-6-12-30-21(31)20(22-29(5-2)18-14-17(32-3)10-11-19(18)33-22)34-23(30)28-16-9-7-8-15(13-16)24(25,26)27/h7-11,13-14H,4-6,12H2,1-3H3/b22-20-,28-23?. The predicted octanol–water partition coefficient (Wildman–Crippen LogP) is 6.88. The molecule has 1 saturated heterocycles. The predicted molar refractivity (Wildman–Crippen MR) is 132 cm³/mol. The number of hydrogen-bond donors (Lipinski definition) is 0. The number of hydrogen-bond acceptors (Lipinski definition) is 6. The van der Waals surface area contributed by atoms with Gasteiger partial charge in [0.25, 0.3) is 5.91 Å². The third-order valence-electron chi connectivity index (χ3n) is 5.42. The van der Waals surface area contributed by atoms with Crippen LogP contribution in [0.4, 0.5) is 24.5 Å². The number of fused-ring (bicyclic) bond motifs is 1. The molecule has 0 N–H and O–H groups in total. The van der Waals surface area contributed by atoms with E-state index in [1.165, 1.54) is 35.7 Å². The molecule has 1 fully saturated rings. The zero-order valence-corrected chi connectivity index (χ0v) is 20.6. The topological polar surface area (TPSA) is 45.1 Å². The number of carbonyl (C=O) groups excluding carboxylic acids is 1. The molecule has 10 heteroatoms.